The number of aromatic nitrogens is 3. The quantitative estimate of drug-likeness (QED) is 0.197. The number of hydrogen-bond acceptors (Lipinski definition) is 5. The number of nitrogens with zero attached hydrogens (tertiary/aromatic N) is 3. The summed E-state index contributed by atoms with van der Waals surface area (Å²) < 4.78 is 13.2. The van der Waals surface area contributed by atoms with Gasteiger partial charge in [-0.3, -0.25) is 0 Å². The van der Waals surface area contributed by atoms with E-state index in [0.29, 0.717) is 17.5 Å². The van der Waals surface area contributed by atoms with E-state index in [1.165, 1.54) is 0 Å². The maximum absolute atomic E-state index is 6.75. The third-order valence-electron chi connectivity index (χ3n) is 9.14. The van der Waals surface area contributed by atoms with Crippen LogP contribution in [0.5, 0.6) is 0 Å². The fourth-order valence-electron chi connectivity index (χ4n) is 6.99. The van der Waals surface area contributed by atoms with Gasteiger partial charge in [-0.2, -0.15) is 0 Å². The van der Waals surface area contributed by atoms with Crippen molar-refractivity contribution in [1.29, 1.82) is 0 Å². The predicted octanol–water partition coefficient (Wildman–Crippen LogP) is 11.5. The molecule has 0 atom stereocenters. The molecule has 0 bridgehead atoms. The number of fused-ring (bicyclic) bond motifs is 8. The minimum Gasteiger partial charge on any atom is -0.456 e. The second-order valence-electron chi connectivity index (χ2n) is 11.9. The minimum atomic E-state index is 0.593. The lowest BCUT2D eigenvalue weighted by Crippen LogP contribution is -2.00. The summed E-state index contributed by atoms with van der Waals surface area (Å²) in [6.07, 6.45) is 0. The van der Waals surface area contributed by atoms with E-state index >= 15 is 0 Å². The molecule has 0 aliphatic heterocycles. The van der Waals surface area contributed by atoms with Gasteiger partial charge < -0.3 is 8.83 Å². The topological polar surface area (TPSA) is 65.0 Å². The van der Waals surface area contributed by atoms with E-state index in [2.05, 4.69) is 66.7 Å². The van der Waals surface area contributed by atoms with E-state index in [1.807, 2.05) is 84.9 Å². The largest absolute Gasteiger partial charge is 0.456 e. The zero-order chi connectivity index (χ0) is 31.6. The molecule has 0 aliphatic carbocycles. The Morgan fingerprint density at radius 3 is 1.65 bits per heavy atom. The van der Waals surface area contributed by atoms with E-state index in [0.717, 1.165) is 82.5 Å². The monoisotopic (exact) mass is 615 g/mol. The van der Waals surface area contributed by atoms with Gasteiger partial charge in [-0.1, -0.05) is 133 Å². The first kappa shape index (κ1) is 26.6. The van der Waals surface area contributed by atoms with Crippen LogP contribution in [0.1, 0.15) is 0 Å². The van der Waals surface area contributed by atoms with Crippen molar-refractivity contribution >= 4 is 54.6 Å². The Labute approximate surface area is 274 Å². The van der Waals surface area contributed by atoms with Crippen molar-refractivity contribution in [3.8, 4) is 45.3 Å². The summed E-state index contributed by atoms with van der Waals surface area (Å²) in [6.45, 7) is 0. The van der Waals surface area contributed by atoms with Gasteiger partial charge in [0.2, 0.25) is 0 Å². The molecule has 0 fully saturated rings. The lowest BCUT2D eigenvalue weighted by molar-refractivity contribution is 0.668. The van der Waals surface area contributed by atoms with Gasteiger partial charge in [0.1, 0.15) is 22.3 Å². The zero-order valence-corrected chi connectivity index (χ0v) is 25.6. The molecule has 224 valence electrons. The Morgan fingerprint density at radius 1 is 0.333 bits per heavy atom. The van der Waals surface area contributed by atoms with E-state index in [1.54, 1.807) is 0 Å². The third-order valence-corrected chi connectivity index (χ3v) is 9.14. The molecule has 0 spiro atoms. The summed E-state index contributed by atoms with van der Waals surface area (Å²) in [4.78, 5) is 15.0. The predicted molar refractivity (Wildman–Crippen MR) is 194 cm³/mol. The van der Waals surface area contributed by atoms with E-state index in [-0.39, 0.29) is 0 Å². The molecular formula is C43H25N3O2. The highest BCUT2D eigenvalue weighted by atomic mass is 16.3. The summed E-state index contributed by atoms with van der Waals surface area (Å²) in [7, 11) is 0. The number of furan rings is 2. The fraction of sp³-hybridized carbons (Fsp3) is 0. The van der Waals surface area contributed by atoms with E-state index in [4.69, 9.17) is 23.8 Å². The Morgan fingerprint density at radius 2 is 0.896 bits per heavy atom. The van der Waals surface area contributed by atoms with Crippen LogP contribution in [0.2, 0.25) is 0 Å². The van der Waals surface area contributed by atoms with Crippen LogP contribution in [0, 0.1) is 0 Å². The van der Waals surface area contributed by atoms with Gasteiger partial charge in [0, 0.05) is 43.8 Å². The molecule has 0 N–H and O–H groups in total. The first-order valence-electron chi connectivity index (χ1n) is 15.9. The van der Waals surface area contributed by atoms with Crippen LogP contribution in [0.4, 0.5) is 0 Å². The summed E-state index contributed by atoms with van der Waals surface area (Å²) in [5.41, 5.74) is 8.11. The Balaban J connectivity index is 1.23. The van der Waals surface area contributed by atoms with Gasteiger partial charge in [0.05, 0.1) is 0 Å². The Hall–Kier alpha value is -6.59. The van der Waals surface area contributed by atoms with Crippen LogP contribution in [-0.2, 0) is 0 Å². The van der Waals surface area contributed by atoms with Crippen molar-refractivity contribution in [2.75, 3.05) is 0 Å². The molecule has 7 aromatic carbocycles. The van der Waals surface area contributed by atoms with Crippen LogP contribution in [0.15, 0.2) is 160 Å². The van der Waals surface area contributed by atoms with Crippen molar-refractivity contribution in [2.45, 2.75) is 0 Å². The van der Waals surface area contributed by atoms with Crippen molar-refractivity contribution in [3.63, 3.8) is 0 Å². The molecule has 3 heterocycles. The highest BCUT2D eigenvalue weighted by molar-refractivity contribution is 6.24. The molecule has 5 heteroatoms. The van der Waals surface area contributed by atoms with Gasteiger partial charge in [0.15, 0.2) is 17.5 Å². The second-order valence-corrected chi connectivity index (χ2v) is 11.9. The average molecular weight is 616 g/mol. The normalized spacial score (nSPS) is 11.8. The average Bonchev–Trinajstić information content (AvgIpc) is 3.74. The highest BCUT2D eigenvalue weighted by Gasteiger charge is 2.21. The van der Waals surface area contributed by atoms with E-state index in [9.17, 15) is 0 Å². The first-order chi connectivity index (χ1) is 23.8. The van der Waals surface area contributed by atoms with Crippen LogP contribution in [0.3, 0.4) is 0 Å². The minimum absolute atomic E-state index is 0.593. The molecule has 5 nitrogen and oxygen atoms in total. The van der Waals surface area contributed by atoms with E-state index < -0.39 is 0 Å². The standard InChI is InChI=1S/C43H25N3O2/c1-3-13-26(14-4-1)41-44-42(27-15-5-2-6-16-27)46-43(45-41)33-22-12-24-36-39(33)32-21-11-20-30(40(32)48-36)34-25-37-38(29-18-8-7-17-28(29)34)31-19-9-10-23-35(31)47-37/h1-25H. The molecule has 3 aromatic heterocycles. The van der Waals surface area contributed by atoms with Crippen molar-refractivity contribution in [2.24, 2.45) is 0 Å². The number of rotatable bonds is 4. The van der Waals surface area contributed by atoms with Crippen molar-refractivity contribution in [3.05, 3.63) is 152 Å². The van der Waals surface area contributed by atoms with Crippen molar-refractivity contribution in [1.82, 2.24) is 15.0 Å². The van der Waals surface area contributed by atoms with Crippen LogP contribution in [0.25, 0.3) is 99.9 Å². The number of benzene rings is 7. The molecule has 0 aliphatic rings. The fourth-order valence-corrected chi connectivity index (χ4v) is 6.99. The molecular weight excluding hydrogens is 590 g/mol. The molecule has 0 radical (unpaired) electrons. The zero-order valence-electron chi connectivity index (χ0n) is 25.6. The molecule has 0 unspecified atom stereocenters. The summed E-state index contributed by atoms with van der Waals surface area (Å²) >= 11 is 0. The third kappa shape index (κ3) is 4.08. The maximum Gasteiger partial charge on any atom is 0.164 e. The molecule has 0 amide bonds. The van der Waals surface area contributed by atoms with Crippen molar-refractivity contribution < 1.29 is 8.83 Å². The molecule has 10 aromatic rings. The van der Waals surface area contributed by atoms with Crippen LogP contribution < -0.4 is 0 Å². The summed E-state index contributed by atoms with van der Waals surface area (Å²) in [5, 5.41) is 6.49. The second kappa shape index (κ2) is 10.5. The summed E-state index contributed by atoms with van der Waals surface area (Å²) in [5.74, 6) is 1.83. The Kier molecular flexibility index (Phi) is 5.81. The lowest BCUT2D eigenvalue weighted by atomic mass is 9.93. The van der Waals surface area contributed by atoms with Crippen LogP contribution >= 0.6 is 0 Å². The molecule has 10 rings (SSSR count). The molecule has 0 saturated heterocycles. The SMILES string of the molecule is c1ccc(-c2nc(-c3ccccc3)nc(-c3cccc4oc5c(-c6cc7oc8ccccc8c7c7ccccc67)cccc5c34)n2)cc1. The molecule has 48 heavy (non-hydrogen) atoms. The maximum atomic E-state index is 6.75. The van der Waals surface area contributed by atoms with Gasteiger partial charge in [-0.05, 0) is 34.5 Å². The van der Waals surface area contributed by atoms with Gasteiger partial charge >= 0.3 is 0 Å². The smallest absolute Gasteiger partial charge is 0.164 e. The van der Waals surface area contributed by atoms with Crippen LogP contribution in [-0.4, -0.2) is 15.0 Å². The first-order valence-corrected chi connectivity index (χ1v) is 15.9. The van der Waals surface area contributed by atoms with Gasteiger partial charge in [-0.25, -0.2) is 15.0 Å². The highest BCUT2D eigenvalue weighted by Crippen LogP contribution is 2.44. The van der Waals surface area contributed by atoms with Gasteiger partial charge in [0.25, 0.3) is 0 Å². The number of para-hydroxylation sites is 2. The van der Waals surface area contributed by atoms with Gasteiger partial charge in [-0.15, -0.1) is 0 Å². The number of hydrogen-bond donors (Lipinski definition) is 0. The molecule has 0 saturated carbocycles. The lowest BCUT2D eigenvalue weighted by Gasteiger charge is -2.10. The summed E-state index contributed by atoms with van der Waals surface area (Å²) in [6, 6.07) is 51.4. The Bertz CT molecular complexity index is 2780.